The van der Waals surface area contributed by atoms with E-state index in [-0.39, 0.29) is 12.4 Å². The molecule has 2 aromatic rings. The van der Waals surface area contributed by atoms with Crippen molar-refractivity contribution in [1.82, 2.24) is 4.98 Å². The summed E-state index contributed by atoms with van der Waals surface area (Å²) in [4.78, 5) is 4.51. The van der Waals surface area contributed by atoms with Crippen LogP contribution in [0.1, 0.15) is 19.0 Å². The predicted molar refractivity (Wildman–Crippen MR) is 73.0 cm³/mol. The van der Waals surface area contributed by atoms with Crippen LogP contribution in [-0.4, -0.2) is 4.98 Å². The van der Waals surface area contributed by atoms with Gasteiger partial charge in [-0.15, -0.1) is 12.4 Å². The highest BCUT2D eigenvalue weighted by Crippen LogP contribution is 2.28. The number of hydrogen-bond acceptors (Lipinski definition) is 1. The maximum absolute atomic E-state index is 6.17. The normalized spacial score (nSPS) is 10.2. The molecule has 0 amide bonds. The van der Waals surface area contributed by atoms with Crippen molar-refractivity contribution in [3.8, 4) is 0 Å². The third-order valence-corrected chi connectivity index (χ3v) is 2.92. The molecular weight excluding hydrogens is 264 g/mol. The molecular formula is C12H12Cl3N. The van der Waals surface area contributed by atoms with Crippen molar-refractivity contribution in [2.24, 2.45) is 0 Å². The molecule has 0 spiro atoms. The molecule has 1 aromatic heterocycles. The highest BCUT2D eigenvalue weighted by molar-refractivity contribution is 6.39. The van der Waals surface area contributed by atoms with E-state index in [1.807, 2.05) is 24.3 Å². The van der Waals surface area contributed by atoms with Gasteiger partial charge in [-0.2, -0.15) is 0 Å². The topological polar surface area (TPSA) is 12.9 Å². The third kappa shape index (κ3) is 2.60. The van der Waals surface area contributed by atoms with Crippen molar-refractivity contribution < 1.29 is 0 Å². The van der Waals surface area contributed by atoms with Gasteiger partial charge in [0.2, 0.25) is 0 Å². The minimum absolute atomic E-state index is 0. The average Bonchev–Trinajstić information content (AvgIpc) is 2.20. The number of benzene rings is 1. The van der Waals surface area contributed by atoms with Gasteiger partial charge in [-0.25, -0.2) is 0 Å². The van der Waals surface area contributed by atoms with E-state index in [9.17, 15) is 0 Å². The Kier molecular flexibility index (Phi) is 4.85. The molecule has 0 bridgehead atoms. The van der Waals surface area contributed by atoms with Crippen molar-refractivity contribution >= 4 is 46.5 Å². The second kappa shape index (κ2) is 5.72. The Balaban J connectivity index is 0.00000128. The Morgan fingerprint density at radius 2 is 1.94 bits per heavy atom. The molecule has 0 fully saturated rings. The summed E-state index contributed by atoms with van der Waals surface area (Å²) in [6.45, 7) is 2.12. The zero-order chi connectivity index (χ0) is 10.8. The van der Waals surface area contributed by atoms with Crippen molar-refractivity contribution in [1.29, 1.82) is 0 Å². The summed E-state index contributed by atoms with van der Waals surface area (Å²) in [6, 6.07) is 7.58. The van der Waals surface area contributed by atoms with E-state index >= 15 is 0 Å². The molecule has 0 aliphatic carbocycles. The largest absolute Gasteiger partial charge is 0.251 e. The van der Waals surface area contributed by atoms with Crippen molar-refractivity contribution in [3.63, 3.8) is 0 Å². The van der Waals surface area contributed by atoms with Gasteiger partial charge in [-0.05, 0) is 18.6 Å². The lowest BCUT2D eigenvalue weighted by molar-refractivity contribution is 0.890. The van der Waals surface area contributed by atoms with Gasteiger partial charge in [0, 0.05) is 11.1 Å². The summed E-state index contributed by atoms with van der Waals surface area (Å²) in [5.41, 5.74) is 1.80. The number of pyridine rings is 1. The lowest BCUT2D eigenvalue weighted by atomic mass is 10.1. The molecule has 1 nitrogen and oxygen atoms in total. The van der Waals surface area contributed by atoms with Gasteiger partial charge in [-0.3, -0.25) is 4.98 Å². The first-order chi connectivity index (χ1) is 7.22. The second-order valence-corrected chi connectivity index (χ2v) is 4.30. The molecule has 0 unspecified atom stereocenters. The lowest BCUT2D eigenvalue weighted by Gasteiger charge is -2.05. The molecule has 86 valence electrons. The first kappa shape index (κ1) is 13.6. The van der Waals surface area contributed by atoms with Crippen LogP contribution in [0, 0.1) is 0 Å². The van der Waals surface area contributed by atoms with Crippen molar-refractivity contribution in [3.05, 3.63) is 40.0 Å². The number of fused-ring (bicyclic) bond motifs is 1. The number of hydrogen-bond donors (Lipinski definition) is 0. The fraction of sp³-hybridized carbons (Fsp3) is 0.250. The SMILES string of the molecule is CCCc1cc(Cl)c2cccc(Cl)c2n1.Cl. The first-order valence-corrected chi connectivity index (χ1v) is 5.71. The van der Waals surface area contributed by atoms with Crippen LogP contribution < -0.4 is 0 Å². The number of nitrogens with zero attached hydrogens (tertiary/aromatic N) is 1. The van der Waals surface area contributed by atoms with Gasteiger partial charge < -0.3 is 0 Å². The van der Waals surface area contributed by atoms with Crippen LogP contribution in [0.4, 0.5) is 0 Å². The first-order valence-electron chi connectivity index (χ1n) is 4.96. The van der Waals surface area contributed by atoms with Crippen LogP contribution in [0.2, 0.25) is 10.0 Å². The van der Waals surface area contributed by atoms with Gasteiger partial charge >= 0.3 is 0 Å². The number of aryl methyl sites for hydroxylation is 1. The molecule has 1 heterocycles. The summed E-state index contributed by atoms with van der Waals surface area (Å²) in [5, 5.41) is 2.31. The number of rotatable bonds is 2. The fourth-order valence-corrected chi connectivity index (χ4v) is 2.10. The summed E-state index contributed by atoms with van der Waals surface area (Å²) in [7, 11) is 0. The molecule has 0 atom stereocenters. The summed E-state index contributed by atoms with van der Waals surface area (Å²) in [5.74, 6) is 0. The Labute approximate surface area is 111 Å². The average molecular weight is 277 g/mol. The standard InChI is InChI=1S/C12H11Cl2N.ClH/c1-2-4-8-7-11(14)9-5-3-6-10(13)12(9)15-8;/h3,5-7H,2,4H2,1H3;1H. The van der Waals surface area contributed by atoms with E-state index in [2.05, 4.69) is 11.9 Å². The van der Waals surface area contributed by atoms with Gasteiger partial charge in [0.25, 0.3) is 0 Å². The molecule has 0 aliphatic heterocycles. The van der Waals surface area contributed by atoms with E-state index in [0.29, 0.717) is 5.02 Å². The van der Waals surface area contributed by atoms with Gasteiger partial charge in [-0.1, -0.05) is 48.7 Å². The maximum atomic E-state index is 6.17. The monoisotopic (exact) mass is 275 g/mol. The van der Waals surface area contributed by atoms with E-state index in [4.69, 9.17) is 23.2 Å². The quantitative estimate of drug-likeness (QED) is 0.759. The third-order valence-electron chi connectivity index (χ3n) is 2.30. The van der Waals surface area contributed by atoms with E-state index in [0.717, 1.165) is 34.5 Å². The summed E-state index contributed by atoms with van der Waals surface area (Å²) >= 11 is 12.3. The molecule has 16 heavy (non-hydrogen) atoms. The van der Waals surface area contributed by atoms with E-state index in [1.54, 1.807) is 0 Å². The molecule has 0 N–H and O–H groups in total. The maximum Gasteiger partial charge on any atom is 0.0906 e. The number of halogens is 3. The van der Waals surface area contributed by atoms with Crippen LogP contribution in [0.25, 0.3) is 10.9 Å². The van der Waals surface area contributed by atoms with Crippen LogP contribution >= 0.6 is 35.6 Å². The van der Waals surface area contributed by atoms with Gasteiger partial charge in [0.05, 0.1) is 15.6 Å². The minimum Gasteiger partial charge on any atom is -0.251 e. The highest BCUT2D eigenvalue weighted by Gasteiger charge is 2.06. The molecule has 1 aromatic carbocycles. The Morgan fingerprint density at radius 1 is 1.19 bits per heavy atom. The van der Waals surface area contributed by atoms with E-state index in [1.165, 1.54) is 0 Å². The number of para-hydroxylation sites is 1. The summed E-state index contributed by atoms with van der Waals surface area (Å²) < 4.78 is 0. The zero-order valence-electron chi connectivity index (χ0n) is 8.84. The molecule has 0 aliphatic rings. The Hall–Kier alpha value is -0.500. The van der Waals surface area contributed by atoms with Gasteiger partial charge in [0.15, 0.2) is 0 Å². The molecule has 0 saturated carbocycles. The molecule has 0 radical (unpaired) electrons. The van der Waals surface area contributed by atoms with Crippen LogP contribution in [0.3, 0.4) is 0 Å². The second-order valence-electron chi connectivity index (χ2n) is 3.48. The smallest absolute Gasteiger partial charge is 0.0906 e. The number of aromatic nitrogens is 1. The summed E-state index contributed by atoms with van der Waals surface area (Å²) in [6.07, 6.45) is 1.99. The van der Waals surface area contributed by atoms with Crippen LogP contribution in [0.5, 0.6) is 0 Å². The fourth-order valence-electron chi connectivity index (χ4n) is 1.61. The molecule has 0 saturated heterocycles. The Morgan fingerprint density at radius 3 is 2.62 bits per heavy atom. The molecule has 4 heteroatoms. The van der Waals surface area contributed by atoms with Crippen LogP contribution in [0.15, 0.2) is 24.3 Å². The Bertz CT molecular complexity index is 497. The zero-order valence-corrected chi connectivity index (χ0v) is 11.2. The van der Waals surface area contributed by atoms with Gasteiger partial charge in [0.1, 0.15) is 0 Å². The van der Waals surface area contributed by atoms with Crippen LogP contribution in [-0.2, 0) is 6.42 Å². The lowest BCUT2D eigenvalue weighted by Crippen LogP contribution is -1.91. The molecule has 2 rings (SSSR count). The predicted octanol–water partition coefficient (Wildman–Crippen LogP) is 4.92. The van der Waals surface area contributed by atoms with Crippen molar-refractivity contribution in [2.75, 3.05) is 0 Å². The highest BCUT2D eigenvalue weighted by atomic mass is 35.5. The minimum atomic E-state index is 0. The van der Waals surface area contributed by atoms with E-state index < -0.39 is 0 Å². The van der Waals surface area contributed by atoms with Crippen molar-refractivity contribution in [2.45, 2.75) is 19.8 Å².